The van der Waals surface area contributed by atoms with E-state index >= 15 is 0 Å². The second-order valence-corrected chi connectivity index (χ2v) is 10.5. The monoisotopic (exact) mass is 409 g/mol. The number of thiophene rings is 1. The predicted molar refractivity (Wildman–Crippen MR) is 109 cm³/mol. The molecule has 0 aliphatic rings. The Balaban J connectivity index is 1.98. The lowest BCUT2D eigenvalue weighted by Crippen LogP contribution is -2.38. The Hall–Kier alpha value is -1.90. The van der Waals surface area contributed by atoms with Gasteiger partial charge < -0.3 is 10.6 Å². The highest BCUT2D eigenvalue weighted by Gasteiger charge is 2.20. The summed E-state index contributed by atoms with van der Waals surface area (Å²) in [5.74, 6) is 0.437. The molecular weight excluding hydrogens is 382 g/mol. The summed E-state index contributed by atoms with van der Waals surface area (Å²) in [5.41, 5.74) is 1.07. The lowest BCUT2D eigenvalue weighted by atomic mass is 9.97. The van der Waals surface area contributed by atoms with Gasteiger partial charge in [0.1, 0.15) is 4.21 Å². The van der Waals surface area contributed by atoms with Crippen LogP contribution in [-0.4, -0.2) is 32.8 Å². The fourth-order valence-corrected chi connectivity index (χ4v) is 5.05. The van der Waals surface area contributed by atoms with Gasteiger partial charge in [0.05, 0.1) is 12.6 Å². The molecule has 1 aromatic heterocycles. The maximum Gasteiger partial charge on any atom is 0.315 e. The molecule has 0 aliphatic carbocycles. The molecule has 1 heterocycles. The van der Waals surface area contributed by atoms with Crippen LogP contribution in [0.2, 0.25) is 0 Å². The van der Waals surface area contributed by atoms with Gasteiger partial charge in [0.2, 0.25) is 0 Å². The molecule has 2 aromatic rings. The zero-order valence-corrected chi connectivity index (χ0v) is 17.7. The Bertz CT molecular complexity index is 846. The number of carbonyl (C=O) groups is 1. The standard InChI is InChI=1S/C19H27N3O3S2/c1-14(2)12-17(15-8-6-5-7-9-15)21-19(23)20-13-16-10-11-18(26-16)27(24,25)22(3)4/h5-11,14,17H,12-13H2,1-4H3,(H2,20,21,23)/t17-/m0/s1. The number of hydrogen-bond donors (Lipinski definition) is 2. The largest absolute Gasteiger partial charge is 0.333 e. The molecule has 1 atom stereocenters. The topological polar surface area (TPSA) is 78.5 Å². The summed E-state index contributed by atoms with van der Waals surface area (Å²) in [5, 5.41) is 5.84. The third-order valence-corrected chi connectivity index (χ3v) is 7.38. The lowest BCUT2D eigenvalue weighted by molar-refractivity contribution is 0.234. The van der Waals surface area contributed by atoms with Crippen LogP contribution in [0.25, 0.3) is 0 Å². The molecule has 0 radical (unpaired) electrons. The Morgan fingerprint density at radius 1 is 1.11 bits per heavy atom. The van der Waals surface area contributed by atoms with E-state index in [-0.39, 0.29) is 22.8 Å². The first-order chi connectivity index (χ1) is 12.7. The number of rotatable bonds is 8. The van der Waals surface area contributed by atoms with Gasteiger partial charge in [-0.15, -0.1) is 11.3 Å². The molecule has 6 nitrogen and oxygen atoms in total. The van der Waals surface area contributed by atoms with Crippen LogP contribution in [0.1, 0.15) is 36.8 Å². The summed E-state index contributed by atoms with van der Waals surface area (Å²) in [6, 6.07) is 12.8. The van der Waals surface area contributed by atoms with Crippen molar-refractivity contribution in [1.82, 2.24) is 14.9 Å². The number of nitrogens with one attached hydrogen (secondary N) is 2. The van der Waals surface area contributed by atoms with Gasteiger partial charge in [0.15, 0.2) is 0 Å². The Kier molecular flexibility index (Phi) is 7.41. The van der Waals surface area contributed by atoms with E-state index < -0.39 is 10.0 Å². The second kappa shape index (κ2) is 9.34. The third-order valence-electron chi connectivity index (χ3n) is 4.01. The number of urea groups is 1. The fraction of sp³-hybridized carbons (Fsp3) is 0.421. The van der Waals surface area contributed by atoms with Crippen LogP contribution >= 0.6 is 11.3 Å². The second-order valence-electron chi connectivity index (χ2n) is 6.93. The van der Waals surface area contributed by atoms with E-state index in [1.54, 1.807) is 12.1 Å². The molecule has 27 heavy (non-hydrogen) atoms. The summed E-state index contributed by atoms with van der Waals surface area (Å²) in [6.07, 6.45) is 0.835. The average molecular weight is 410 g/mol. The first-order valence-corrected chi connectivity index (χ1v) is 11.1. The van der Waals surface area contributed by atoms with E-state index in [1.807, 2.05) is 30.3 Å². The van der Waals surface area contributed by atoms with Crippen LogP contribution in [0.15, 0.2) is 46.7 Å². The maximum absolute atomic E-state index is 12.3. The van der Waals surface area contributed by atoms with Crippen molar-refractivity contribution < 1.29 is 13.2 Å². The third kappa shape index (κ3) is 6.05. The van der Waals surface area contributed by atoms with E-state index in [0.717, 1.165) is 28.2 Å². The summed E-state index contributed by atoms with van der Waals surface area (Å²) >= 11 is 1.16. The number of benzene rings is 1. The normalized spacial score (nSPS) is 13.0. The van der Waals surface area contributed by atoms with Crippen LogP contribution in [0.3, 0.4) is 0 Å². The van der Waals surface area contributed by atoms with Crippen LogP contribution in [-0.2, 0) is 16.6 Å². The molecule has 8 heteroatoms. The molecular formula is C19H27N3O3S2. The molecule has 0 bridgehead atoms. The molecule has 0 saturated carbocycles. The number of nitrogens with zero attached hydrogens (tertiary/aromatic N) is 1. The quantitative estimate of drug-likeness (QED) is 0.699. The van der Waals surface area contributed by atoms with Gasteiger partial charge in [-0.25, -0.2) is 17.5 Å². The minimum atomic E-state index is -3.44. The lowest BCUT2D eigenvalue weighted by Gasteiger charge is -2.21. The zero-order valence-electron chi connectivity index (χ0n) is 16.1. The van der Waals surface area contributed by atoms with Gasteiger partial charge in [-0.05, 0) is 30.0 Å². The number of hydrogen-bond acceptors (Lipinski definition) is 4. The van der Waals surface area contributed by atoms with E-state index in [1.165, 1.54) is 18.4 Å². The molecule has 0 unspecified atom stereocenters. The molecule has 1 aromatic carbocycles. The Labute approximate surface area is 165 Å². The van der Waals surface area contributed by atoms with E-state index in [2.05, 4.69) is 24.5 Å². The van der Waals surface area contributed by atoms with Crippen LogP contribution in [0.5, 0.6) is 0 Å². The van der Waals surface area contributed by atoms with E-state index in [0.29, 0.717) is 5.92 Å². The highest BCUT2D eigenvalue weighted by atomic mass is 32.2. The highest BCUT2D eigenvalue weighted by Crippen LogP contribution is 2.24. The van der Waals surface area contributed by atoms with Gasteiger partial charge in [-0.2, -0.15) is 0 Å². The summed E-state index contributed by atoms with van der Waals surface area (Å²) in [6.45, 7) is 4.52. The molecule has 148 valence electrons. The summed E-state index contributed by atoms with van der Waals surface area (Å²) < 4.78 is 25.7. The smallest absolute Gasteiger partial charge is 0.315 e. The van der Waals surface area contributed by atoms with Crippen LogP contribution in [0.4, 0.5) is 4.79 Å². The molecule has 2 N–H and O–H groups in total. The van der Waals surface area contributed by atoms with Crippen molar-refractivity contribution in [1.29, 1.82) is 0 Å². The van der Waals surface area contributed by atoms with Crippen LogP contribution < -0.4 is 10.6 Å². The van der Waals surface area contributed by atoms with E-state index in [9.17, 15) is 13.2 Å². The van der Waals surface area contributed by atoms with Gasteiger partial charge >= 0.3 is 6.03 Å². The molecule has 0 aliphatic heterocycles. The number of amides is 2. The predicted octanol–water partition coefficient (Wildman–Crippen LogP) is 3.59. The number of carbonyl (C=O) groups excluding carboxylic acids is 1. The SMILES string of the molecule is CC(C)C[C@H](NC(=O)NCc1ccc(S(=O)(=O)N(C)C)s1)c1ccccc1. The maximum atomic E-state index is 12.3. The summed E-state index contributed by atoms with van der Waals surface area (Å²) in [4.78, 5) is 13.1. The Morgan fingerprint density at radius 2 is 1.78 bits per heavy atom. The first kappa shape index (κ1) is 21.4. The molecule has 2 amide bonds. The van der Waals surface area contributed by atoms with Gasteiger partial charge in [0, 0.05) is 19.0 Å². The van der Waals surface area contributed by atoms with Gasteiger partial charge in [-0.1, -0.05) is 44.2 Å². The molecule has 2 rings (SSSR count). The molecule has 0 fully saturated rings. The van der Waals surface area contributed by atoms with Crippen molar-refractivity contribution in [2.24, 2.45) is 5.92 Å². The van der Waals surface area contributed by atoms with Crippen molar-refractivity contribution >= 4 is 27.4 Å². The first-order valence-electron chi connectivity index (χ1n) is 8.80. The van der Waals surface area contributed by atoms with Crippen molar-refractivity contribution in [3.63, 3.8) is 0 Å². The molecule has 0 spiro atoms. The molecule has 0 saturated heterocycles. The Morgan fingerprint density at radius 3 is 2.37 bits per heavy atom. The minimum absolute atomic E-state index is 0.0702. The zero-order chi connectivity index (χ0) is 20.0. The van der Waals surface area contributed by atoms with Gasteiger partial charge in [-0.3, -0.25) is 0 Å². The number of sulfonamides is 1. The van der Waals surface area contributed by atoms with Crippen molar-refractivity contribution in [3.8, 4) is 0 Å². The fourth-order valence-electron chi connectivity index (χ4n) is 2.58. The highest BCUT2D eigenvalue weighted by molar-refractivity contribution is 7.91. The van der Waals surface area contributed by atoms with Gasteiger partial charge in [0.25, 0.3) is 10.0 Å². The van der Waals surface area contributed by atoms with E-state index in [4.69, 9.17) is 0 Å². The van der Waals surface area contributed by atoms with Crippen LogP contribution in [0, 0.1) is 5.92 Å². The average Bonchev–Trinajstić information content (AvgIpc) is 3.09. The van der Waals surface area contributed by atoms with Crippen molar-refractivity contribution in [2.45, 2.75) is 37.1 Å². The summed E-state index contributed by atoms with van der Waals surface area (Å²) in [7, 11) is -0.442. The van der Waals surface area contributed by atoms with Crippen molar-refractivity contribution in [2.75, 3.05) is 14.1 Å². The van der Waals surface area contributed by atoms with Crippen molar-refractivity contribution in [3.05, 3.63) is 52.9 Å². The minimum Gasteiger partial charge on any atom is -0.333 e.